The molecule has 0 aliphatic rings. The maximum absolute atomic E-state index is 11.3. The number of hydrogen-bond donors (Lipinski definition) is 1. The lowest BCUT2D eigenvalue weighted by Gasteiger charge is -2.39. The van der Waals surface area contributed by atoms with Gasteiger partial charge in [0.1, 0.15) is 5.60 Å². The van der Waals surface area contributed by atoms with Crippen molar-refractivity contribution in [1.82, 2.24) is 0 Å². The molecule has 0 saturated heterocycles. The maximum Gasteiger partial charge on any atom is 0.117 e. The quantitative estimate of drug-likeness (QED) is 0.779. The van der Waals surface area contributed by atoms with Crippen molar-refractivity contribution in [2.24, 2.45) is 5.41 Å². The second-order valence-corrected chi connectivity index (χ2v) is 5.80. The van der Waals surface area contributed by atoms with Gasteiger partial charge >= 0.3 is 0 Å². The molecule has 1 nitrogen and oxygen atoms in total. The summed E-state index contributed by atoms with van der Waals surface area (Å²) in [5.41, 5.74) is 0.333. The highest BCUT2D eigenvalue weighted by molar-refractivity contribution is 5.52. The van der Waals surface area contributed by atoms with Crippen molar-refractivity contribution >= 4 is 6.08 Å². The van der Waals surface area contributed by atoms with Gasteiger partial charge in [-0.1, -0.05) is 86.7 Å². The van der Waals surface area contributed by atoms with Crippen LogP contribution in [-0.2, 0) is 5.60 Å². The SMILES string of the molecule is C=CC(C)(C)C(O)(/C=C/c1ccccc1)c1ccccc1. The van der Waals surface area contributed by atoms with Crippen molar-refractivity contribution in [3.8, 4) is 0 Å². The molecule has 21 heavy (non-hydrogen) atoms. The average molecular weight is 278 g/mol. The monoisotopic (exact) mass is 278 g/mol. The van der Waals surface area contributed by atoms with Crippen LogP contribution in [0.15, 0.2) is 79.4 Å². The zero-order valence-electron chi connectivity index (χ0n) is 12.7. The lowest BCUT2D eigenvalue weighted by molar-refractivity contribution is -0.000533. The largest absolute Gasteiger partial charge is 0.380 e. The fourth-order valence-electron chi connectivity index (χ4n) is 2.31. The molecule has 1 atom stereocenters. The molecule has 1 heteroatoms. The van der Waals surface area contributed by atoms with Crippen LogP contribution in [0.2, 0.25) is 0 Å². The van der Waals surface area contributed by atoms with Crippen LogP contribution in [-0.4, -0.2) is 5.11 Å². The van der Waals surface area contributed by atoms with Crippen molar-refractivity contribution in [2.75, 3.05) is 0 Å². The van der Waals surface area contributed by atoms with Gasteiger partial charge in [0.2, 0.25) is 0 Å². The highest BCUT2D eigenvalue weighted by Gasteiger charge is 2.40. The lowest BCUT2D eigenvalue weighted by atomic mass is 9.70. The predicted molar refractivity (Wildman–Crippen MR) is 89.8 cm³/mol. The highest BCUT2D eigenvalue weighted by Crippen LogP contribution is 2.42. The third-order valence-electron chi connectivity index (χ3n) is 4.02. The molecule has 108 valence electrons. The summed E-state index contributed by atoms with van der Waals surface area (Å²) in [4.78, 5) is 0. The van der Waals surface area contributed by atoms with Gasteiger partial charge in [0.05, 0.1) is 0 Å². The van der Waals surface area contributed by atoms with Crippen molar-refractivity contribution in [1.29, 1.82) is 0 Å². The summed E-state index contributed by atoms with van der Waals surface area (Å²) in [5.74, 6) is 0. The molecule has 0 aliphatic carbocycles. The van der Waals surface area contributed by atoms with Gasteiger partial charge in [-0.3, -0.25) is 0 Å². The highest BCUT2D eigenvalue weighted by atomic mass is 16.3. The summed E-state index contributed by atoms with van der Waals surface area (Å²) in [7, 11) is 0. The normalized spacial score (nSPS) is 14.8. The van der Waals surface area contributed by atoms with E-state index in [1.165, 1.54) is 0 Å². The Morgan fingerprint density at radius 1 is 0.905 bits per heavy atom. The maximum atomic E-state index is 11.3. The molecule has 0 spiro atoms. The van der Waals surface area contributed by atoms with Crippen LogP contribution < -0.4 is 0 Å². The smallest absolute Gasteiger partial charge is 0.117 e. The first-order chi connectivity index (χ1) is 9.99. The van der Waals surface area contributed by atoms with E-state index in [4.69, 9.17) is 0 Å². The Morgan fingerprint density at radius 3 is 1.95 bits per heavy atom. The minimum atomic E-state index is -1.11. The average Bonchev–Trinajstić information content (AvgIpc) is 2.54. The van der Waals surface area contributed by atoms with E-state index in [1.807, 2.05) is 86.7 Å². The van der Waals surface area contributed by atoms with Crippen molar-refractivity contribution < 1.29 is 5.11 Å². The van der Waals surface area contributed by atoms with Gasteiger partial charge in [-0.15, -0.1) is 6.58 Å². The molecular weight excluding hydrogens is 256 g/mol. The van der Waals surface area contributed by atoms with Gasteiger partial charge in [-0.05, 0) is 17.2 Å². The number of rotatable bonds is 5. The Bertz CT molecular complexity index is 611. The molecule has 0 saturated carbocycles. The summed E-state index contributed by atoms with van der Waals surface area (Å²) >= 11 is 0. The third-order valence-corrected chi connectivity index (χ3v) is 4.02. The van der Waals surface area contributed by atoms with Gasteiger partial charge in [0, 0.05) is 5.41 Å². The van der Waals surface area contributed by atoms with E-state index in [1.54, 1.807) is 6.08 Å². The first-order valence-electron chi connectivity index (χ1n) is 7.15. The van der Waals surface area contributed by atoms with Crippen molar-refractivity contribution in [2.45, 2.75) is 19.4 Å². The van der Waals surface area contributed by atoms with Crippen molar-refractivity contribution in [3.63, 3.8) is 0 Å². The summed E-state index contributed by atoms with van der Waals surface area (Å²) in [6.07, 6.45) is 5.62. The number of benzene rings is 2. The fraction of sp³-hybridized carbons (Fsp3) is 0.200. The van der Waals surface area contributed by atoms with E-state index in [0.717, 1.165) is 11.1 Å². The van der Waals surface area contributed by atoms with Crippen LogP contribution in [0.4, 0.5) is 0 Å². The molecule has 2 aromatic carbocycles. The first-order valence-corrected chi connectivity index (χ1v) is 7.15. The summed E-state index contributed by atoms with van der Waals surface area (Å²) < 4.78 is 0. The van der Waals surface area contributed by atoms with Gasteiger partial charge in [-0.25, -0.2) is 0 Å². The summed E-state index contributed by atoms with van der Waals surface area (Å²) in [5, 5.41) is 11.3. The van der Waals surface area contributed by atoms with E-state index in [2.05, 4.69) is 6.58 Å². The fourth-order valence-corrected chi connectivity index (χ4v) is 2.31. The Morgan fingerprint density at radius 2 is 1.43 bits per heavy atom. The van der Waals surface area contributed by atoms with Crippen LogP contribution in [0, 0.1) is 5.41 Å². The Kier molecular flexibility index (Phi) is 4.44. The molecule has 0 radical (unpaired) electrons. The van der Waals surface area contributed by atoms with Gasteiger partial charge < -0.3 is 5.11 Å². The standard InChI is InChI=1S/C20H22O/c1-4-19(2,3)20(21,18-13-9-6-10-14-18)16-15-17-11-7-5-8-12-17/h4-16,21H,1H2,2-3H3/b16-15+. The van der Waals surface area contributed by atoms with Gasteiger partial charge in [0.15, 0.2) is 0 Å². The Labute approximate surface area is 127 Å². The molecular formula is C20H22O. The molecule has 0 aliphatic heterocycles. The predicted octanol–water partition coefficient (Wildman–Crippen LogP) is 4.80. The molecule has 1 N–H and O–H groups in total. The van der Waals surface area contributed by atoms with E-state index in [-0.39, 0.29) is 0 Å². The van der Waals surface area contributed by atoms with Crippen LogP contribution in [0.1, 0.15) is 25.0 Å². The lowest BCUT2D eigenvalue weighted by Crippen LogP contribution is -2.38. The molecule has 0 bridgehead atoms. The number of hydrogen-bond acceptors (Lipinski definition) is 1. The molecule has 2 rings (SSSR count). The van der Waals surface area contributed by atoms with Crippen LogP contribution in [0.25, 0.3) is 6.08 Å². The van der Waals surface area contributed by atoms with Crippen LogP contribution in [0.3, 0.4) is 0 Å². The van der Waals surface area contributed by atoms with E-state index >= 15 is 0 Å². The first kappa shape index (κ1) is 15.3. The van der Waals surface area contributed by atoms with E-state index < -0.39 is 11.0 Å². The third kappa shape index (κ3) is 3.14. The minimum absolute atomic E-state index is 0.486. The molecule has 0 amide bonds. The molecule has 0 heterocycles. The molecule has 1 unspecified atom stereocenters. The van der Waals surface area contributed by atoms with Gasteiger partial charge in [-0.2, -0.15) is 0 Å². The van der Waals surface area contributed by atoms with Crippen molar-refractivity contribution in [3.05, 3.63) is 90.5 Å². The molecule has 0 fully saturated rings. The second-order valence-electron chi connectivity index (χ2n) is 5.80. The molecule has 0 aromatic heterocycles. The minimum Gasteiger partial charge on any atom is -0.380 e. The topological polar surface area (TPSA) is 20.2 Å². The zero-order chi connectivity index (χ0) is 15.3. The second kappa shape index (κ2) is 6.11. The Hall–Kier alpha value is -2.12. The van der Waals surface area contributed by atoms with E-state index in [0.29, 0.717) is 0 Å². The number of aliphatic hydroxyl groups is 1. The van der Waals surface area contributed by atoms with Crippen LogP contribution >= 0.6 is 0 Å². The zero-order valence-corrected chi connectivity index (χ0v) is 12.7. The van der Waals surface area contributed by atoms with Crippen LogP contribution in [0.5, 0.6) is 0 Å². The molecule has 2 aromatic rings. The summed E-state index contributed by atoms with van der Waals surface area (Å²) in [6, 6.07) is 19.7. The van der Waals surface area contributed by atoms with Gasteiger partial charge in [0.25, 0.3) is 0 Å². The van der Waals surface area contributed by atoms with E-state index in [9.17, 15) is 5.11 Å². The Balaban J connectivity index is 2.47. The summed E-state index contributed by atoms with van der Waals surface area (Å²) in [6.45, 7) is 7.86.